The van der Waals surface area contributed by atoms with Gasteiger partial charge >= 0.3 is 0 Å². The second-order valence-electron chi connectivity index (χ2n) is 5.35. The molecule has 0 radical (unpaired) electrons. The monoisotopic (exact) mass is 360 g/mol. The van der Waals surface area contributed by atoms with Crippen molar-refractivity contribution in [2.24, 2.45) is 5.92 Å². The highest BCUT2D eigenvalue weighted by Crippen LogP contribution is 2.36. The van der Waals surface area contributed by atoms with Gasteiger partial charge in [0.25, 0.3) is 0 Å². The van der Waals surface area contributed by atoms with E-state index in [2.05, 4.69) is 33.2 Å². The smallest absolute Gasteiger partial charge is 0.156 e. The predicted molar refractivity (Wildman–Crippen MR) is 89.0 cm³/mol. The number of hydrogen-bond donors (Lipinski definition) is 1. The number of likely N-dealkylation sites (tertiary alicyclic amines) is 1. The largest absolute Gasteiger partial charge is 0.491 e. The van der Waals surface area contributed by atoms with E-state index in [-0.39, 0.29) is 0 Å². The van der Waals surface area contributed by atoms with Crippen LogP contribution in [0.4, 0.5) is 5.69 Å². The van der Waals surface area contributed by atoms with Crippen molar-refractivity contribution in [1.29, 1.82) is 0 Å². The van der Waals surface area contributed by atoms with Crippen molar-refractivity contribution in [3.05, 3.63) is 21.6 Å². The van der Waals surface area contributed by atoms with Crippen LogP contribution in [0.5, 0.6) is 5.75 Å². The third-order valence-electron chi connectivity index (χ3n) is 3.60. The van der Waals surface area contributed by atoms with Crippen LogP contribution in [-0.4, -0.2) is 38.2 Å². The first-order valence-corrected chi connectivity index (χ1v) is 8.31. The van der Waals surface area contributed by atoms with Gasteiger partial charge in [-0.2, -0.15) is 0 Å². The number of anilines is 1. The highest BCUT2D eigenvalue weighted by atomic mass is 79.9. The van der Waals surface area contributed by atoms with Crippen molar-refractivity contribution in [1.82, 2.24) is 4.90 Å². The summed E-state index contributed by atoms with van der Waals surface area (Å²) in [4.78, 5) is 2.40. The van der Waals surface area contributed by atoms with Crippen LogP contribution >= 0.6 is 27.5 Å². The van der Waals surface area contributed by atoms with Crippen molar-refractivity contribution < 1.29 is 4.74 Å². The van der Waals surface area contributed by atoms with Crippen LogP contribution in [-0.2, 0) is 0 Å². The van der Waals surface area contributed by atoms with Crippen LogP contribution in [0.2, 0.25) is 5.02 Å². The molecule has 20 heavy (non-hydrogen) atoms. The average molecular weight is 362 g/mol. The van der Waals surface area contributed by atoms with Crippen molar-refractivity contribution in [2.45, 2.75) is 19.8 Å². The molecule has 1 saturated heterocycles. The lowest BCUT2D eigenvalue weighted by Crippen LogP contribution is -2.35. The van der Waals surface area contributed by atoms with E-state index in [1.54, 1.807) is 0 Å². The van der Waals surface area contributed by atoms with E-state index in [1.807, 2.05) is 19.1 Å². The van der Waals surface area contributed by atoms with Crippen LogP contribution in [0.1, 0.15) is 19.8 Å². The SMILES string of the molecule is CCOc1c(Br)cc(Cl)cc1NCC1CCCN(C)C1. The lowest BCUT2D eigenvalue weighted by atomic mass is 9.98. The number of rotatable bonds is 5. The first-order valence-electron chi connectivity index (χ1n) is 7.14. The zero-order valence-corrected chi connectivity index (χ0v) is 14.4. The number of nitrogens with one attached hydrogen (secondary N) is 1. The molecule has 1 N–H and O–H groups in total. The Labute approximate surface area is 134 Å². The highest BCUT2D eigenvalue weighted by Gasteiger charge is 2.18. The van der Waals surface area contributed by atoms with Gasteiger partial charge in [-0.15, -0.1) is 0 Å². The molecule has 0 bridgehead atoms. The minimum absolute atomic E-state index is 0.640. The number of benzene rings is 1. The standard InChI is InChI=1S/C15H22BrClN2O/c1-3-20-15-13(16)7-12(17)8-14(15)18-9-11-5-4-6-19(2)10-11/h7-8,11,18H,3-6,9-10H2,1-2H3. The third kappa shape index (κ3) is 4.27. The van der Waals surface area contributed by atoms with E-state index in [0.29, 0.717) is 17.5 Å². The molecule has 0 aromatic heterocycles. The van der Waals surface area contributed by atoms with Gasteiger partial charge in [-0.05, 0) is 67.3 Å². The maximum Gasteiger partial charge on any atom is 0.156 e. The molecule has 3 nitrogen and oxygen atoms in total. The molecule has 1 unspecified atom stereocenters. The Hall–Kier alpha value is -0.450. The van der Waals surface area contributed by atoms with Crippen LogP contribution in [0.15, 0.2) is 16.6 Å². The summed E-state index contributed by atoms with van der Waals surface area (Å²) >= 11 is 9.65. The average Bonchev–Trinajstić information content (AvgIpc) is 2.40. The molecule has 1 aliphatic rings. The first-order chi connectivity index (χ1) is 9.60. The van der Waals surface area contributed by atoms with E-state index in [4.69, 9.17) is 16.3 Å². The van der Waals surface area contributed by atoms with Gasteiger partial charge in [0, 0.05) is 18.1 Å². The molecule has 2 rings (SSSR count). The van der Waals surface area contributed by atoms with Crippen LogP contribution < -0.4 is 10.1 Å². The lowest BCUT2D eigenvalue weighted by molar-refractivity contribution is 0.217. The molecular weight excluding hydrogens is 340 g/mol. The third-order valence-corrected chi connectivity index (χ3v) is 4.41. The summed E-state index contributed by atoms with van der Waals surface area (Å²) in [6.07, 6.45) is 2.56. The molecule has 1 atom stereocenters. The number of halogens is 2. The number of ether oxygens (including phenoxy) is 1. The Morgan fingerprint density at radius 3 is 3.00 bits per heavy atom. The summed E-state index contributed by atoms with van der Waals surface area (Å²) < 4.78 is 6.60. The Balaban J connectivity index is 2.04. The quantitative estimate of drug-likeness (QED) is 0.848. The summed E-state index contributed by atoms with van der Waals surface area (Å²) in [7, 11) is 2.19. The van der Waals surface area contributed by atoms with E-state index in [1.165, 1.54) is 19.4 Å². The summed E-state index contributed by atoms with van der Waals surface area (Å²) in [5.74, 6) is 1.53. The van der Waals surface area contributed by atoms with Crippen LogP contribution in [0, 0.1) is 5.92 Å². The van der Waals surface area contributed by atoms with Gasteiger partial charge in [-0.25, -0.2) is 0 Å². The van der Waals surface area contributed by atoms with Gasteiger partial charge in [-0.1, -0.05) is 11.6 Å². The number of hydrogen-bond acceptors (Lipinski definition) is 3. The molecule has 0 amide bonds. The second kappa shape index (κ2) is 7.53. The highest BCUT2D eigenvalue weighted by molar-refractivity contribution is 9.10. The van der Waals surface area contributed by atoms with Gasteiger partial charge in [0.2, 0.25) is 0 Å². The molecule has 1 fully saturated rings. The number of piperidine rings is 1. The van der Waals surface area contributed by atoms with Crippen LogP contribution in [0.3, 0.4) is 0 Å². The molecule has 5 heteroatoms. The van der Waals surface area contributed by atoms with Gasteiger partial charge in [-0.3, -0.25) is 0 Å². The first kappa shape index (κ1) is 15.9. The maximum atomic E-state index is 6.13. The van der Waals surface area contributed by atoms with E-state index in [0.717, 1.165) is 29.0 Å². The Morgan fingerprint density at radius 1 is 1.50 bits per heavy atom. The fourth-order valence-corrected chi connectivity index (χ4v) is 3.60. The Bertz CT molecular complexity index is 456. The second-order valence-corrected chi connectivity index (χ2v) is 6.64. The summed E-state index contributed by atoms with van der Waals surface area (Å²) in [5.41, 5.74) is 0.972. The molecule has 1 heterocycles. The molecule has 1 aromatic carbocycles. The normalized spacial score (nSPS) is 19.9. The summed E-state index contributed by atoms with van der Waals surface area (Å²) in [5, 5.41) is 4.22. The lowest BCUT2D eigenvalue weighted by Gasteiger charge is -2.30. The van der Waals surface area contributed by atoms with Gasteiger partial charge < -0.3 is 15.0 Å². The van der Waals surface area contributed by atoms with Crippen molar-refractivity contribution in [3.8, 4) is 5.75 Å². The minimum Gasteiger partial charge on any atom is -0.491 e. The Morgan fingerprint density at radius 2 is 2.30 bits per heavy atom. The van der Waals surface area contributed by atoms with E-state index in [9.17, 15) is 0 Å². The van der Waals surface area contributed by atoms with E-state index < -0.39 is 0 Å². The zero-order valence-electron chi connectivity index (χ0n) is 12.1. The molecule has 0 aliphatic carbocycles. The zero-order chi connectivity index (χ0) is 14.5. The van der Waals surface area contributed by atoms with Crippen molar-refractivity contribution >= 4 is 33.2 Å². The predicted octanol–water partition coefficient (Wildman–Crippen LogP) is 4.25. The molecule has 0 spiro atoms. The van der Waals surface area contributed by atoms with Crippen molar-refractivity contribution in [3.63, 3.8) is 0 Å². The van der Waals surface area contributed by atoms with Gasteiger partial charge in [0.05, 0.1) is 16.8 Å². The minimum atomic E-state index is 0.640. The van der Waals surface area contributed by atoms with Gasteiger partial charge in [0.1, 0.15) is 0 Å². The fourth-order valence-electron chi connectivity index (χ4n) is 2.68. The molecule has 1 aromatic rings. The Kier molecular flexibility index (Phi) is 6.00. The van der Waals surface area contributed by atoms with Crippen LogP contribution in [0.25, 0.3) is 0 Å². The fraction of sp³-hybridized carbons (Fsp3) is 0.600. The van der Waals surface area contributed by atoms with Gasteiger partial charge in [0.15, 0.2) is 5.75 Å². The summed E-state index contributed by atoms with van der Waals surface area (Å²) in [6.45, 7) is 5.95. The topological polar surface area (TPSA) is 24.5 Å². The van der Waals surface area contributed by atoms with Crippen molar-refractivity contribution in [2.75, 3.05) is 38.6 Å². The summed E-state index contributed by atoms with van der Waals surface area (Å²) in [6, 6.07) is 3.80. The molecule has 1 aliphatic heterocycles. The number of nitrogens with zero attached hydrogens (tertiary/aromatic N) is 1. The molecular formula is C15H22BrClN2O. The molecule has 112 valence electrons. The molecule has 0 saturated carbocycles. The maximum absolute atomic E-state index is 6.13. The van der Waals surface area contributed by atoms with E-state index >= 15 is 0 Å².